The van der Waals surface area contributed by atoms with Gasteiger partial charge in [-0.2, -0.15) is 0 Å². The minimum absolute atomic E-state index is 0.0804. The molecule has 1 fully saturated rings. The number of rotatable bonds is 8. The lowest BCUT2D eigenvalue weighted by Gasteiger charge is -2.18. The summed E-state index contributed by atoms with van der Waals surface area (Å²) in [5, 5.41) is 0.894. The van der Waals surface area contributed by atoms with E-state index in [1.165, 1.54) is 7.11 Å². The molecule has 1 aliphatic rings. The normalized spacial score (nSPS) is 15.1. The molecule has 1 aliphatic heterocycles. The first-order valence-electron chi connectivity index (χ1n) is 11.4. The van der Waals surface area contributed by atoms with Gasteiger partial charge in [0.2, 0.25) is 11.8 Å². The fraction of sp³-hybridized carbons (Fsp3) is 0.259. The lowest BCUT2D eigenvalue weighted by Crippen LogP contribution is -2.36. The van der Waals surface area contributed by atoms with Gasteiger partial charge < -0.3 is 14.4 Å². The molecular weight excluding hydrogens is 501 g/mol. The summed E-state index contributed by atoms with van der Waals surface area (Å²) in [6, 6.07) is 16.5. The Morgan fingerprint density at radius 3 is 2.56 bits per heavy atom. The maximum Gasteiger partial charge on any atom is 0.243 e. The Hall–Kier alpha value is -3.42. The zero-order chi connectivity index (χ0) is 25.8. The highest BCUT2D eigenvalue weighted by atomic mass is 35.5. The molecule has 1 atom stereocenters. The molecule has 0 aromatic heterocycles. The second kappa shape index (κ2) is 11.1. The van der Waals surface area contributed by atoms with E-state index in [1.807, 2.05) is 50.2 Å². The first-order chi connectivity index (χ1) is 17.3. The highest BCUT2D eigenvalue weighted by Gasteiger charge is 2.35. The molecular formula is C27H27Cl2N3O4. The van der Waals surface area contributed by atoms with Gasteiger partial charge >= 0.3 is 0 Å². The summed E-state index contributed by atoms with van der Waals surface area (Å²) in [5.41, 5.74) is 9.91. The third kappa shape index (κ3) is 5.69. The van der Waals surface area contributed by atoms with Crippen molar-refractivity contribution in [1.29, 1.82) is 0 Å². The Kier molecular flexibility index (Phi) is 7.91. The average Bonchev–Trinajstić information content (AvgIpc) is 3.25. The van der Waals surface area contributed by atoms with Crippen LogP contribution in [0.3, 0.4) is 0 Å². The predicted octanol–water partition coefficient (Wildman–Crippen LogP) is 5.69. The molecule has 3 aromatic carbocycles. The molecule has 36 heavy (non-hydrogen) atoms. The summed E-state index contributed by atoms with van der Waals surface area (Å²) in [5.74, 6) is -0.0983. The minimum atomic E-state index is -0.484. The van der Waals surface area contributed by atoms with E-state index in [0.29, 0.717) is 33.8 Å². The van der Waals surface area contributed by atoms with Gasteiger partial charge in [0.05, 0.1) is 23.7 Å². The standard InChI is InChI=1S/C27H27Cl2N3O4/c1-16-8-9-21(10-17(16)2)32-14-19(11-25(32)33)27(34)31-30-20-12-23(29)26(24(13-20)35-3)36-15-18-6-4-5-7-22(18)28/h4-10,12-13,19,30H,11,14-15H2,1-3H3,(H,31,34)/t19-/m1/s1. The smallest absolute Gasteiger partial charge is 0.243 e. The summed E-state index contributed by atoms with van der Waals surface area (Å²) in [4.78, 5) is 27.0. The largest absolute Gasteiger partial charge is 0.493 e. The van der Waals surface area contributed by atoms with E-state index in [9.17, 15) is 9.59 Å². The van der Waals surface area contributed by atoms with Gasteiger partial charge in [0.1, 0.15) is 6.61 Å². The molecule has 0 unspecified atom stereocenters. The predicted molar refractivity (Wildman–Crippen MR) is 142 cm³/mol. The van der Waals surface area contributed by atoms with E-state index in [1.54, 1.807) is 23.1 Å². The number of anilines is 2. The fourth-order valence-corrected chi connectivity index (χ4v) is 4.42. The molecule has 0 radical (unpaired) electrons. The molecule has 0 bridgehead atoms. The van der Waals surface area contributed by atoms with E-state index in [-0.39, 0.29) is 24.8 Å². The zero-order valence-corrected chi connectivity index (χ0v) is 21.7. The molecule has 9 heteroatoms. The van der Waals surface area contributed by atoms with Crippen molar-refractivity contribution in [3.63, 3.8) is 0 Å². The molecule has 7 nitrogen and oxygen atoms in total. The fourth-order valence-electron chi connectivity index (χ4n) is 3.96. The Balaban J connectivity index is 1.39. The first-order valence-corrected chi connectivity index (χ1v) is 12.2. The van der Waals surface area contributed by atoms with Crippen LogP contribution in [0.1, 0.15) is 23.1 Å². The van der Waals surface area contributed by atoms with Gasteiger partial charge in [-0.05, 0) is 49.2 Å². The highest BCUT2D eigenvalue weighted by molar-refractivity contribution is 6.32. The number of aryl methyl sites for hydroxylation is 2. The number of hydrazine groups is 1. The van der Waals surface area contributed by atoms with Gasteiger partial charge in [0, 0.05) is 35.3 Å². The van der Waals surface area contributed by atoms with Crippen LogP contribution in [0, 0.1) is 19.8 Å². The lowest BCUT2D eigenvalue weighted by molar-refractivity contribution is -0.125. The summed E-state index contributed by atoms with van der Waals surface area (Å²) in [6.07, 6.45) is 0.138. The van der Waals surface area contributed by atoms with Crippen LogP contribution in [0.2, 0.25) is 10.0 Å². The van der Waals surface area contributed by atoms with Crippen molar-refractivity contribution < 1.29 is 19.1 Å². The number of carbonyl (C=O) groups excluding carboxylic acids is 2. The summed E-state index contributed by atoms with van der Waals surface area (Å²) >= 11 is 12.7. The SMILES string of the molecule is COc1cc(NNC(=O)[C@@H]2CC(=O)N(c3ccc(C)c(C)c3)C2)cc(Cl)c1OCc1ccccc1Cl. The van der Waals surface area contributed by atoms with Crippen LogP contribution in [-0.2, 0) is 16.2 Å². The van der Waals surface area contributed by atoms with Crippen molar-refractivity contribution in [3.05, 3.63) is 81.3 Å². The molecule has 0 saturated carbocycles. The van der Waals surface area contributed by atoms with Gasteiger partial charge in [-0.15, -0.1) is 0 Å². The number of carbonyl (C=O) groups is 2. The second-order valence-electron chi connectivity index (χ2n) is 8.66. The molecule has 2 amide bonds. The Bertz CT molecular complexity index is 1300. The first kappa shape index (κ1) is 25.7. The van der Waals surface area contributed by atoms with Crippen molar-refractivity contribution in [1.82, 2.24) is 5.43 Å². The molecule has 1 heterocycles. The third-order valence-corrected chi connectivity index (χ3v) is 6.84. The number of hydrogen-bond acceptors (Lipinski definition) is 5. The van der Waals surface area contributed by atoms with E-state index < -0.39 is 5.92 Å². The van der Waals surface area contributed by atoms with Crippen molar-refractivity contribution >= 4 is 46.4 Å². The molecule has 0 aliphatic carbocycles. The van der Waals surface area contributed by atoms with Gasteiger partial charge in [-0.1, -0.05) is 47.5 Å². The number of nitrogens with zero attached hydrogens (tertiary/aromatic N) is 1. The number of benzene rings is 3. The summed E-state index contributed by atoms with van der Waals surface area (Å²) < 4.78 is 11.3. The topological polar surface area (TPSA) is 79.9 Å². The van der Waals surface area contributed by atoms with Crippen molar-refractivity contribution in [2.75, 3.05) is 24.0 Å². The lowest BCUT2D eigenvalue weighted by atomic mass is 10.1. The third-order valence-electron chi connectivity index (χ3n) is 6.19. The van der Waals surface area contributed by atoms with Crippen LogP contribution in [0.15, 0.2) is 54.6 Å². The maximum atomic E-state index is 12.8. The van der Waals surface area contributed by atoms with Crippen molar-refractivity contribution in [2.24, 2.45) is 5.92 Å². The second-order valence-corrected chi connectivity index (χ2v) is 9.47. The van der Waals surface area contributed by atoms with Gasteiger partial charge in [-0.3, -0.25) is 20.4 Å². The number of halogens is 2. The van der Waals surface area contributed by atoms with Crippen LogP contribution in [0.4, 0.5) is 11.4 Å². The van der Waals surface area contributed by atoms with Crippen LogP contribution < -0.4 is 25.2 Å². The number of methoxy groups -OCH3 is 1. The minimum Gasteiger partial charge on any atom is -0.493 e. The summed E-state index contributed by atoms with van der Waals surface area (Å²) in [6.45, 7) is 4.55. The molecule has 2 N–H and O–H groups in total. The molecule has 4 rings (SSSR count). The van der Waals surface area contributed by atoms with Crippen molar-refractivity contribution in [3.8, 4) is 11.5 Å². The van der Waals surface area contributed by atoms with E-state index >= 15 is 0 Å². The number of ether oxygens (including phenoxy) is 2. The average molecular weight is 528 g/mol. The van der Waals surface area contributed by atoms with Gasteiger partial charge in [0.25, 0.3) is 0 Å². The maximum absolute atomic E-state index is 12.8. The van der Waals surface area contributed by atoms with Crippen molar-refractivity contribution in [2.45, 2.75) is 26.9 Å². The van der Waals surface area contributed by atoms with Crippen LogP contribution in [-0.4, -0.2) is 25.5 Å². The van der Waals surface area contributed by atoms with Crippen LogP contribution in [0.25, 0.3) is 0 Å². The number of nitrogens with one attached hydrogen (secondary N) is 2. The van der Waals surface area contributed by atoms with Crippen LogP contribution in [0.5, 0.6) is 11.5 Å². The number of hydrogen-bond donors (Lipinski definition) is 2. The monoisotopic (exact) mass is 527 g/mol. The van der Waals surface area contributed by atoms with Gasteiger partial charge in [-0.25, -0.2) is 0 Å². The van der Waals surface area contributed by atoms with Gasteiger partial charge in [0.15, 0.2) is 11.5 Å². The van der Waals surface area contributed by atoms with E-state index in [2.05, 4.69) is 10.9 Å². The van der Waals surface area contributed by atoms with Crippen LogP contribution >= 0.6 is 23.2 Å². The molecule has 3 aromatic rings. The Labute approximate surface area is 220 Å². The summed E-state index contributed by atoms with van der Waals surface area (Å²) in [7, 11) is 1.50. The highest BCUT2D eigenvalue weighted by Crippen LogP contribution is 2.39. The number of amides is 2. The molecule has 1 saturated heterocycles. The molecule has 0 spiro atoms. The van der Waals surface area contributed by atoms with E-state index in [4.69, 9.17) is 32.7 Å². The zero-order valence-electron chi connectivity index (χ0n) is 20.2. The Morgan fingerprint density at radius 2 is 1.83 bits per heavy atom. The quantitative estimate of drug-likeness (QED) is 0.367. The van der Waals surface area contributed by atoms with E-state index in [0.717, 1.165) is 22.4 Å². The Morgan fingerprint density at radius 1 is 1.06 bits per heavy atom. The molecule has 188 valence electrons.